The van der Waals surface area contributed by atoms with Gasteiger partial charge in [-0.2, -0.15) is 0 Å². The van der Waals surface area contributed by atoms with Gasteiger partial charge in [0.15, 0.2) is 5.78 Å². The highest BCUT2D eigenvalue weighted by molar-refractivity contribution is 8.00. The Bertz CT molecular complexity index is 5260. The smallest absolute Gasteiger partial charge is 0.323 e. The van der Waals surface area contributed by atoms with Gasteiger partial charge in [0.05, 0.1) is 37.5 Å². The molecule has 744 valence electrons. The molecule has 15 atom stereocenters. The number of nitrogens with zero attached hydrogens (tertiary/aromatic N) is 6. The number of carboxylic acids is 3. The number of aliphatic hydroxyl groups excluding tert-OH is 2. The molecule has 22 N–H and O–H groups in total. The maximum atomic E-state index is 15.8. The number of aromatic nitrogens is 2. The monoisotopic (exact) mass is 1930 g/mol. The number of nitrogens with one attached hydrogen (secondary N) is 10. The first-order chi connectivity index (χ1) is 65.2. The van der Waals surface area contributed by atoms with Crippen LogP contribution in [-0.2, 0) is 122 Å². The molecule has 137 heavy (non-hydrogen) atoms. The normalized spacial score (nSPS) is 25.0. The molecule has 4 saturated heterocycles. The fraction of sp³-hybridized carbons (Fsp3) is 0.538. The molecule has 0 spiro atoms. The number of Topliss-reactive ketones (excluding diaryl/α,β-unsaturated/α-hetero) is 1. The van der Waals surface area contributed by atoms with Crippen molar-refractivity contribution in [3.05, 3.63) is 102 Å². The number of amides is 16. The van der Waals surface area contributed by atoms with E-state index < -0.39 is 304 Å². The summed E-state index contributed by atoms with van der Waals surface area (Å²) in [6, 6.07) is -3.04. The van der Waals surface area contributed by atoms with Crippen LogP contribution in [0, 0.1) is 5.92 Å². The van der Waals surface area contributed by atoms with Crippen LogP contribution in [0.1, 0.15) is 146 Å². The molecule has 6 heterocycles. The molecule has 2 aromatic heterocycles. The molecule has 0 bridgehead atoms. The van der Waals surface area contributed by atoms with E-state index in [2.05, 4.69) is 52.8 Å². The van der Waals surface area contributed by atoms with Crippen molar-refractivity contribution in [1.29, 1.82) is 0 Å². The standard InChI is InChI=1S/C91H123N19O26S/c1-5-7-19-67-84(129)98-58(28-30-76(118)119)81(126)104-65(80(125)96-42-74(94)116)47-137-48-75(117)97-60(34-49-24-26-53(112)27-25-49)89(134)108-32-14-13-22-68(108)85(130)101-62(39-73(93)115)90(135)109-33-15-23-69(109)86(131)102-63(40-92)82(127)99-59(29-31-77(120)121)88(133)110-44-54(113)38-71(110)72(114)37-50(35-51-41-95-57-18-11-9-16-55(51)57)79(124)103-64(46-111)83(128)100-61(87(132)106(4)70(20-8-6-2)91(136)105(67)3)36-52-43-107(45-78(122)123)66-21-12-10-17-56(52)66/h9-12,16-18,21,24-27,41,43,50,54,58-65,67-71,95,111-113H,5-8,13-15,19-20,22-23,28-40,42,44-48,92H2,1-4H3,(H2,93,115)(H2,94,116)(H,96,125)(H,97,117)(H,98,129)(H,99,127)(H,100,128)(H,101,130)(H,102,131)(H,103,124)(H,104,126)(H,118,119)(H,120,121)(H,122,123)/t50-,54-,58+,59+,60+,61+,62+,63+,64+,65+,67+,68-,69+,70+,71+/m1/s1. The minimum atomic E-state index is -1.99. The summed E-state index contributed by atoms with van der Waals surface area (Å²) in [6.45, 7) is -0.625. The van der Waals surface area contributed by atoms with Gasteiger partial charge in [0.2, 0.25) is 94.5 Å². The molecule has 46 heteroatoms. The van der Waals surface area contributed by atoms with Crippen LogP contribution in [0.2, 0.25) is 0 Å². The third kappa shape index (κ3) is 29.4. The summed E-state index contributed by atoms with van der Waals surface area (Å²) in [6.07, 6.45) is -2.95. The number of fused-ring (bicyclic) bond motifs is 5. The Morgan fingerprint density at radius 1 is 0.526 bits per heavy atom. The van der Waals surface area contributed by atoms with Crippen molar-refractivity contribution >= 4 is 152 Å². The van der Waals surface area contributed by atoms with Gasteiger partial charge in [-0.15, -0.1) is 11.8 Å². The van der Waals surface area contributed by atoms with Crippen molar-refractivity contribution in [2.45, 2.75) is 240 Å². The number of para-hydroxylation sites is 2. The Kier molecular flexibility index (Phi) is 39.7. The summed E-state index contributed by atoms with van der Waals surface area (Å²) in [4.78, 5) is 295. The lowest BCUT2D eigenvalue weighted by molar-refractivity contribution is -0.149. The number of rotatable bonds is 27. The fourth-order valence-corrected chi connectivity index (χ4v) is 18.4. The number of benzene rings is 3. The number of aliphatic hydroxyl groups is 2. The van der Waals surface area contributed by atoms with Gasteiger partial charge in [-0.1, -0.05) is 88.1 Å². The Morgan fingerprint density at radius 2 is 1.08 bits per heavy atom. The maximum Gasteiger partial charge on any atom is 0.323 e. The highest BCUT2D eigenvalue weighted by atomic mass is 32.2. The van der Waals surface area contributed by atoms with Crippen LogP contribution < -0.4 is 65.1 Å². The van der Waals surface area contributed by atoms with Crippen molar-refractivity contribution < 1.29 is 127 Å². The van der Waals surface area contributed by atoms with Gasteiger partial charge in [0, 0.05) is 125 Å². The number of hydrogen-bond donors (Lipinski definition) is 19. The molecule has 4 aliphatic rings. The number of H-pyrrole nitrogens is 1. The molecule has 0 saturated carbocycles. The molecule has 3 aromatic carbocycles. The van der Waals surface area contributed by atoms with Crippen molar-refractivity contribution in [1.82, 2.24) is 81.9 Å². The lowest BCUT2D eigenvalue weighted by atomic mass is 9.90. The fourth-order valence-electron chi connectivity index (χ4n) is 17.5. The summed E-state index contributed by atoms with van der Waals surface area (Å²) >= 11 is 0.697. The zero-order chi connectivity index (χ0) is 100. The number of ketones is 1. The van der Waals surface area contributed by atoms with E-state index in [9.17, 15) is 88.2 Å². The number of carbonyl (C=O) groups excluding carboxylic acids is 17. The molecule has 0 radical (unpaired) electrons. The van der Waals surface area contributed by atoms with Crippen molar-refractivity contribution in [2.75, 3.05) is 64.9 Å². The lowest BCUT2D eigenvalue weighted by Crippen LogP contribution is -2.62. The number of hydrogen-bond acceptors (Lipinski definition) is 25. The van der Waals surface area contributed by atoms with E-state index in [0.29, 0.717) is 70.4 Å². The van der Waals surface area contributed by atoms with Gasteiger partial charge in [-0.05, 0) is 105 Å². The highest BCUT2D eigenvalue weighted by Gasteiger charge is 2.47. The second kappa shape index (κ2) is 50.8. The number of carbonyl (C=O) groups is 20. The first kappa shape index (κ1) is 107. The Morgan fingerprint density at radius 3 is 1.72 bits per heavy atom. The average Bonchev–Trinajstić information content (AvgIpc) is 1.67. The van der Waals surface area contributed by atoms with Crippen molar-refractivity contribution in [3.63, 3.8) is 0 Å². The number of phenols is 1. The van der Waals surface area contributed by atoms with E-state index in [1.54, 1.807) is 68.6 Å². The quantitative estimate of drug-likeness (QED) is 0.0244. The summed E-state index contributed by atoms with van der Waals surface area (Å²) in [5.74, 6) is -24.5. The second-order valence-corrected chi connectivity index (χ2v) is 35.8. The van der Waals surface area contributed by atoms with Crippen LogP contribution in [0.3, 0.4) is 0 Å². The molecular weight excluding hydrogens is 1810 g/mol. The topological polar surface area (TPSA) is 686 Å². The van der Waals surface area contributed by atoms with E-state index in [1.807, 2.05) is 0 Å². The van der Waals surface area contributed by atoms with Crippen LogP contribution in [0.25, 0.3) is 21.8 Å². The van der Waals surface area contributed by atoms with Crippen LogP contribution in [0.5, 0.6) is 5.75 Å². The number of aromatic amines is 1. The number of nitrogens with two attached hydrogens (primary N) is 3. The SMILES string of the molecule is CCCC[C@H]1C(=O)N(C)[C@@H](CCCC)C(=O)N[C@@H](CCC(=O)O)C(=O)N[C@H](C(=O)NCC(N)=O)CSCC(=O)N[C@@H](Cc2ccc(O)cc2)C(=O)N2CCCC[C@@H]2C(=O)N[C@@H](CC(N)=O)C(=O)N2CCC[C@H]2C(=O)N[C@@H](CN)C(=O)N[C@@H](CCC(=O)O)C(=O)N2C[C@H](O)C[C@H]2C(=O)C[C@@H](Cc2c[nH]c3ccccc23)C(=O)N[C@@H](CO)C(=O)N[C@@H](Cc2cn(CC(=O)O)c3ccccc23)C(=O)N1C. The van der Waals surface area contributed by atoms with Crippen LogP contribution in [-0.4, -0.2) is 332 Å². The Hall–Kier alpha value is -13.6. The molecular formula is C91H123N19O26S. The number of unbranched alkanes of at least 4 members (excludes halogenated alkanes) is 2. The first-order valence-corrected chi connectivity index (χ1v) is 46.8. The number of thioether (sulfide) groups is 1. The highest BCUT2D eigenvalue weighted by Crippen LogP contribution is 2.31. The number of carboxylic acid groups (broad SMARTS) is 3. The van der Waals surface area contributed by atoms with Gasteiger partial charge in [-0.3, -0.25) is 95.9 Å². The zero-order valence-electron chi connectivity index (χ0n) is 76.6. The molecule has 4 aliphatic heterocycles. The Balaban J connectivity index is 1.11. The minimum Gasteiger partial charge on any atom is -0.508 e. The minimum absolute atomic E-state index is 0.0477. The van der Waals surface area contributed by atoms with Gasteiger partial charge < -0.3 is 130 Å². The summed E-state index contributed by atoms with van der Waals surface area (Å²) in [5.41, 5.74) is 19.3. The molecule has 0 aliphatic carbocycles. The summed E-state index contributed by atoms with van der Waals surface area (Å²) in [5, 5.41) is 86.6. The Labute approximate surface area is 792 Å². The predicted molar refractivity (Wildman–Crippen MR) is 491 cm³/mol. The van der Waals surface area contributed by atoms with Crippen molar-refractivity contribution in [2.24, 2.45) is 23.1 Å². The lowest BCUT2D eigenvalue weighted by Gasteiger charge is -2.38. The van der Waals surface area contributed by atoms with Gasteiger partial charge in [-0.25, -0.2) is 0 Å². The molecule has 0 unspecified atom stereocenters. The van der Waals surface area contributed by atoms with E-state index in [4.69, 9.17) is 17.2 Å². The second-order valence-electron chi connectivity index (χ2n) is 34.7. The average molecular weight is 1930 g/mol. The third-order valence-corrected chi connectivity index (χ3v) is 25.8. The van der Waals surface area contributed by atoms with E-state index in [-0.39, 0.29) is 82.2 Å². The zero-order valence-corrected chi connectivity index (χ0v) is 77.4. The molecule has 5 aromatic rings. The first-order valence-electron chi connectivity index (χ1n) is 45.6. The number of phenolic OH excluding ortho intramolecular Hbond substituents is 1. The van der Waals surface area contributed by atoms with Gasteiger partial charge in [0.25, 0.3) is 0 Å². The summed E-state index contributed by atoms with van der Waals surface area (Å²) in [7, 11) is 2.49. The molecule has 45 nitrogen and oxygen atoms in total. The molecule has 16 amide bonds. The molecule has 4 fully saturated rings. The number of primary amides is 2. The number of likely N-dealkylation sites (N-methyl/N-ethyl adjacent to an activating group) is 2. The van der Waals surface area contributed by atoms with Crippen LogP contribution in [0.4, 0.5) is 0 Å². The number of aliphatic carboxylic acids is 3. The largest absolute Gasteiger partial charge is 0.508 e. The van der Waals surface area contributed by atoms with E-state index >= 15 is 38.4 Å². The number of piperidine rings is 1. The third-order valence-electron chi connectivity index (χ3n) is 24.8. The van der Waals surface area contributed by atoms with E-state index in [0.717, 1.165) is 24.5 Å². The van der Waals surface area contributed by atoms with Crippen LogP contribution >= 0.6 is 11.8 Å². The van der Waals surface area contributed by atoms with Crippen molar-refractivity contribution in [3.8, 4) is 5.75 Å². The van der Waals surface area contributed by atoms with Gasteiger partial charge >= 0.3 is 17.9 Å². The molecule has 9 rings (SSSR count). The van der Waals surface area contributed by atoms with Gasteiger partial charge in [0.1, 0.15) is 84.8 Å². The summed E-state index contributed by atoms with van der Waals surface area (Å²) < 4.78 is 1.37. The maximum absolute atomic E-state index is 15.8. The van der Waals surface area contributed by atoms with E-state index in [1.165, 1.54) is 49.1 Å². The number of aromatic hydroxyl groups is 1. The predicted octanol–water partition coefficient (Wildman–Crippen LogP) is -3.33. The van der Waals surface area contributed by atoms with Crippen LogP contribution in [0.15, 0.2) is 85.2 Å².